The Morgan fingerprint density at radius 3 is 2.68 bits per heavy atom. The van der Waals surface area contributed by atoms with Gasteiger partial charge in [-0.1, -0.05) is 5.16 Å². The number of nitrogens with zero attached hydrogens (tertiary/aromatic N) is 3. The van der Waals surface area contributed by atoms with Gasteiger partial charge < -0.3 is 24.1 Å². The summed E-state index contributed by atoms with van der Waals surface area (Å²) in [6, 6.07) is 10.0. The number of nitro benzene ring substituents is 1. The fraction of sp³-hybridized carbons (Fsp3) is 0.333. The van der Waals surface area contributed by atoms with Crippen LogP contribution in [0.1, 0.15) is 12.8 Å². The molecule has 1 aromatic heterocycles. The number of anilines is 1. The number of hydrogen-bond acceptors (Lipinski definition) is 9. The van der Waals surface area contributed by atoms with Crippen molar-refractivity contribution in [3.05, 3.63) is 46.5 Å². The van der Waals surface area contributed by atoms with Crippen LogP contribution in [0, 0.1) is 10.1 Å². The fourth-order valence-corrected chi connectivity index (χ4v) is 3.43. The number of nitrogens with one attached hydrogen (secondary N) is 1. The van der Waals surface area contributed by atoms with Crippen molar-refractivity contribution < 1.29 is 23.7 Å². The summed E-state index contributed by atoms with van der Waals surface area (Å²) in [7, 11) is 3.09. The second kappa shape index (κ2) is 9.00. The molecule has 1 fully saturated rings. The smallest absolute Gasteiger partial charge is 0.293 e. The van der Waals surface area contributed by atoms with Gasteiger partial charge in [-0.2, -0.15) is 4.98 Å². The predicted octanol–water partition coefficient (Wildman–Crippen LogP) is 3.92. The van der Waals surface area contributed by atoms with E-state index < -0.39 is 4.92 Å². The van der Waals surface area contributed by atoms with Gasteiger partial charge in [0.15, 0.2) is 11.5 Å². The first kappa shape index (κ1) is 20.6. The van der Waals surface area contributed by atoms with Crippen molar-refractivity contribution in [1.29, 1.82) is 0 Å². The van der Waals surface area contributed by atoms with Crippen LogP contribution in [0.15, 0.2) is 40.9 Å². The normalized spacial score (nSPS) is 15.6. The van der Waals surface area contributed by atoms with Crippen molar-refractivity contribution in [2.45, 2.75) is 18.9 Å². The van der Waals surface area contributed by atoms with Gasteiger partial charge in [0.05, 0.1) is 25.2 Å². The second-order valence-corrected chi connectivity index (χ2v) is 7.00. The van der Waals surface area contributed by atoms with E-state index in [9.17, 15) is 10.1 Å². The highest BCUT2D eigenvalue weighted by Gasteiger charge is 2.21. The van der Waals surface area contributed by atoms with Gasteiger partial charge in [0.25, 0.3) is 11.6 Å². The molecule has 1 N–H and O–H groups in total. The van der Waals surface area contributed by atoms with E-state index >= 15 is 0 Å². The van der Waals surface area contributed by atoms with Crippen molar-refractivity contribution in [2.24, 2.45) is 0 Å². The molecule has 1 unspecified atom stereocenters. The molecular formula is C21H22N4O6. The van der Waals surface area contributed by atoms with Gasteiger partial charge >= 0.3 is 0 Å². The molecule has 0 saturated carbocycles. The predicted molar refractivity (Wildman–Crippen MR) is 112 cm³/mol. The van der Waals surface area contributed by atoms with Gasteiger partial charge in [-0.15, -0.1) is 0 Å². The van der Waals surface area contributed by atoms with Gasteiger partial charge in [0, 0.05) is 30.3 Å². The molecule has 1 saturated heterocycles. The highest BCUT2D eigenvalue weighted by atomic mass is 16.6. The van der Waals surface area contributed by atoms with Gasteiger partial charge in [-0.3, -0.25) is 10.1 Å². The molecule has 10 nitrogen and oxygen atoms in total. The quantitative estimate of drug-likeness (QED) is 0.422. The number of aromatic nitrogens is 2. The summed E-state index contributed by atoms with van der Waals surface area (Å²) in [5.41, 5.74) is 1.47. The maximum atomic E-state index is 11.6. The van der Waals surface area contributed by atoms with Crippen LogP contribution in [-0.2, 0) is 4.74 Å². The number of methoxy groups -OCH3 is 2. The molecule has 2 heterocycles. The highest BCUT2D eigenvalue weighted by Crippen LogP contribution is 2.34. The molecule has 3 aromatic rings. The second-order valence-electron chi connectivity index (χ2n) is 7.00. The molecular weight excluding hydrogens is 404 g/mol. The molecule has 1 atom stereocenters. The molecule has 2 aromatic carbocycles. The van der Waals surface area contributed by atoms with Crippen molar-refractivity contribution in [1.82, 2.24) is 10.1 Å². The average Bonchev–Trinajstić information content (AvgIpc) is 3.49. The lowest BCUT2D eigenvalue weighted by molar-refractivity contribution is -0.383. The minimum Gasteiger partial charge on any atom is -0.493 e. The van der Waals surface area contributed by atoms with E-state index in [-0.39, 0.29) is 17.7 Å². The molecule has 1 aliphatic heterocycles. The number of nitro groups is 1. The van der Waals surface area contributed by atoms with Crippen LogP contribution in [0.5, 0.6) is 11.5 Å². The standard InChI is InChI=1S/C21H22N4O6/c1-28-18-8-6-13(11-19(18)29-2)20-23-21(31-24-20)14-5-7-16(17(10-14)25(26)27)22-12-15-4-3-9-30-15/h5-8,10-11,15,22H,3-4,9,12H2,1-2H3. The van der Waals surface area contributed by atoms with Crippen LogP contribution in [0.3, 0.4) is 0 Å². The lowest BCUT2D eigenvalue weighted by Crippen LogP contribution is -2.18. The molecule has 0 spiro atoms. The lowest BCUT2D eigenvalue weighted by atomic mass is 10.1. The summed E-state index contributed by atoms with van der Waals surface area (Å²) in [5, 5.41) is 18.7. The molecule has 162 valence electrons. The molecule has 4 rings (SSSR count). The van der Waals surface area contributed by atoms with E-state index in [0.29, 0.717) is 40.7 Å². The zero-order valence-electron chi connectivity index (χ0n) is 17.2. The van der Waals surface area contributed by atoms with Gasteiger partial charge in [-0.25, -0.2) is 0 Å². The minimum absolute atomic E-state index is 0.0682. The Bertz CT molecular complexity index is 1080. The maximum absolute atomic E-state index is 11.6. The zero-order valence-corrected chi connectivity index (χ0v) is 17.2. The first-order chi connectivity index (χ1) is 15.1. The molecule has 1 aliphatic rings. The van der Waals surface area contributed by atoms with Crippen LogP contribution in [0.25, 0.3) is 22.8 Å². The van der Waals surface area contributed by atoms with Crippen LogP contribution in [-0.4, -0.2) is 48.5 Å². The van der Waals surface area contributed by atoms with Gasteiger partial charge in [0.2, 0.25) is 5.82 Å². The van der Waals surface area contributed by atoms with Crippen LogP contribution >= 0.6 is 0 Å². The van der Waals surface area contributed by atoms with Crippen LogP contribution < -0.4 is 14.8 Å². The number of benzene rings is 2. The van der Waals surface area contributed by atoms with Crippen LogP contribution in [0.2, 0.25) is 0 Å². The summed E-state index contributed by atoms with van der Waals surface area (Å²) in [4.78, 5) is 15.5. The topological polar surface area (TPSA) is 122 Å². The molecule has 10 heteroatoms. The molecule has 0 bridgehead atoms. The Morgan fingerprint density at radius 2 is 1.97 bits per heavy atom. The Kier molecular flexibility index (Phi) is 5.99. The number of rotatable bonds is 8. The van der Waals surface area contributed by atoms with E-state index in [2.05, 4.69) is 15.5 Å². The Morgan fingerprint density at radius 1 is 1.16 bits per heavy atom. The van der Waals surface area contributed by atoms with Crippen molar-refractivity contribution in [2.75, 3.05) is 32.7 Å². The maximum Gasteiger partial charge on any atom is 0.293 e. The zero-order chi connectivity index (χ0) is 21.8. The lowest BCUT2D eigenvalue weighted by Gasteiger charge is -2.12. The Labute approximate surface area is 178 Å². The molecule has 0 aliphatic carbocycles. The number of ether oxygens (including phenoxy) is 3. The monoisotopic (exact) mass is 426 g/mol. The summed E-state index contributed by atoms with van der Waals surface area (Å²) < 4.78 is 21.5. The average molecular weight is 426 g/mol. The molecule has 0 amide bonds. The van der Waals surface area contributed by atoms with Crippen molar-refractivity contribution >= 4 is 11.4 Å². The summed E-state index contributed by atoms with van der Waals surface area (Å²) >= 11 is 0. The largest absolute Gasteiger partial charge is 0.493 e. The van der Waals surface area contributed by atoms with Gasteiger partial charge in [0.1, 0.15) is 5.69 Å². The minimum atomic E-state index is -0.438. The summed E-state index contributed by atoms with van der Waals surface area (Å²) in [6.45, 7) is 1.25. The van der Waals surface area contributed by atoms with E-state index in [1.165, 1.54) is 13.2 Å². The van der Waals surface area contributed by atoms with E-state index in [1.807, 2.05) is 0 Å². The number of hydrogen-bond donors (Lipinski definition) is 1. The SMILES string of the molecule is COc1ccc(-c2noc(-c3ccc(NCC4CCCO4)c([N+](=O)[O-])c3)n2)cc1OC. The molecule has 0 radical (unpaired) electrons. The summed E-state index contributed by atoms with van der Waals surface area (Å²) in [5.74, 6) is 1.62. The van der Waals surface area contributed by atoms with E-state index in [1.54, 1.807) is 37.4 Å². The van der Waals surface area contributed by atoms with E-state index in [4.69, 9.17) is 18.7 Å². The first-order valence-corrected chi connectivity index (χ1v) is 9.79. The summed E-state index contributed by atoms with van der Waals surface area (Å²) in [6.07, 6.45) is 2.02. The van der Waals surface area contributed by atoms with Gasteiger partial charge in [-0.05, 0) is 43.2 Å². The molecule has 31 heavy (non-hydrogen) atoms. The third kappa shape index (κ3) is 4.43. The van der Waals surface area contributed by atoms with Crippen molar-refractivity contribution in [3.63, 3.8) is 0 Å². The Hall–Kier alpha value is -3.66. The third-order valence-corrected chi connectivity index (χ3v) is 5.05. The first-order valence-electron chi connectivity index (χ1n) is 9.79. The Balaban J connectivity index is 1.58. The van der Waals surface area contributed by atoms with E-state index in [0.717, 1.165) is 19.4 Å². The fourth-order valence-electron chi connectivity index (χ4n) is 3.43. The van der Waals surface area contributed by atoms with Crippen molar-refractivity contribution in [3.8, 4) is 34.3 Å². The third-order valence-electron chi connectivity index (χ3n) is 5.05. The van der Waals surface area contributed by atoms with Crippen LogP contribution in [0.4, 0.5) is 11.4 Å². The highest BCUT2D eigenvalue weighted by molar-refractivity contribution is 5.71.